The van der Waals surface area contributed by atoms with E-state index in [1.807, 2.05) is 6.07 Å². The van der Waals surface area contributed by atoms with Gasteiger partial charge in [0.15, 0.2) is 0 Å². The molecule has 4 rings (SSSR count). The highest BCUT2D eigenvalue weighted by Crippen LogP contribution is 2.56. The van der Waals surface area contributed by atoms with Crippen LogP contribution >= 0.6 is 12.4 Å². The Labute approximate surface area is 145 Å². The maximum Gasteiger partial charge on any atom is 0.115 e. The van der Waals surface area contributed by atoms with Crippen LogP contribution in [-0.4, -0.2) is 40.9 Å². The fraction of sp³-hybridized carbons (Fsp3) is 0.684. The molecule has 1 aromatic rings. The SMILES string of the molecule is Cl.OCCCN1CC[C@@]23CCCC[C@H]2[C@@H]1Cc1ccc(O)cc13. The predicted octanol–water partition coefficient (Wildman–Crippen LogP) is 3.25. The number of piperidine rings is 1. The van der Waals surface area contributed by atoms with Crippen LogP contribution in [0.2, 0.25) is 0 Å². The molecule has 1 aliphatic heterocycles. The summed E-state index contributed by atoms with van der Waals surface area (Å²) in [5.41, 5.74) is 3.22. The molecule has 1 saturated carbocycles. The van der Waals surface area contributed by atoms with Gasteiger partial charge >= 0.3 is 0 Å². The molecule has 1 saturated heterocycles. The van der Waals surface area contributed by atoms with Gasteiger partial charge < -0.3 is 10.2 Å². The number of aromatic hydroxyl groups is 1. The fourth-order valence-corrected chi connectivity index (χ4v) is 5.62. The molecule has 2 aliphatic carbocycles. The number of aliphatic hydroxyl groups is 1. The number of rotatable bonds is 3. The molecule has 3 aliphatic rings. The van der Waals surface area contributed by atoms with Crippen molar-refractivity contribution in [3.63, 3.8) is 0 Å². The van der Waals surface area contributed by atoms with Crippen LogP contribution in [-0.2, 0) is 11.8 Å². The predicted molar refractivity (Wildman–Crippen MR) is 94.4 cm³/mol. The van der Waals surface area contributed by atoms with Crippen LogP contribution in [0.15, 0.2) is 18.2 Å². The molecule has 128 valence electrons. The first-order valence-electron chi connectivity index (χ1n) is 8.92. The van der Waals surface area contributed by atoms with E-state index in [1.165, 1.54) is 43.2 Å². The standard InChI is InChI=1S/C19H27NO2.ClH/c21-11-3-9-20-10-8-19-7-2-1-4-16(19)18(20)12-14-5-6-15(22)13-17(14)19;/h5-6,13,16,18,21-22H,1-4,7-12H2;1H/t16-,18-,19-;/m0./s1. The minimum atomic E-state index is 0. The number of fused-ring (bicyclic) bond motifs is 1. The van der Waals surface area contributed by atoms with Crippen molar-refractivity contribution in [1.29, 1.82) is 0 Å². The van der Waals surface area contributed by atoms with Gasteiger partial charge in [-0.25, -0.2) is 0 Å². The zero-order chi connectivity index (χ0) is 15.2. The highest BCUT2D eigenvalue weighted by molar-refractivity contribution is 5.85. The Morgan fingerprint density at radius 1 is 1.22 bits per heavy atom. The van der Waals surface area contributed by atoms with Crippen LogP contribution in [0, 0.1) is 5.92 Å². The minimum Gasteiger partial charge on any atom is -0.508 e. The molecule has 2 bridgehead atoms. The smallest absolute Gasteiger partial charge is 0.115 e. The Bertz CT molecular complexity index is 564. The zero-order valence-electron chi connectivity index (χ0n) is 13.7. The van der Waals surface area contributed by atoms with Gasteiger partial charge in [0.05, 0.1) is 0 Å². The highest BCUT2D eigenvalue weighted by atomic mass is 35.5. The summed E-state index contributed by atoms with van der Waals surface area (Å²) in [6.45, 7) is 2.47. The Kier molecular flexibility index (Phi) is 4.91. The number of nitrogens with zero attached hydrogens (tertiary/aromatic N) is 1. The van der Waals surface area contributed by atoms with Gasteiger partial charge in [-0.15, -0.1) is 12.4 Å². The van der Waals surface area contributed by atoms with Crippen molar-refractivity contribution < 1.29 is 10.2 Å². The lowest BCUT2D eigenvalue weighted by molar-refractivity contribution is -0.0134. The lowest BCUT2D eigenvalue weighted by Crippen LogP contribution is -2.61. The number of halogens is 1. The van der Waals surface area contributed by atoms with Gasteiger partial charge in [0.25, 0.3) is 0 Å². The monoisotopic (exact) mass is 337 g/mol. The van der Waals surface area contributed by atoms with Gasteiger partial charge in [-0.3, -0.25) is 4.90 Å². The average molecular weight is 338 g/mol. The molecule has 0 spiro atoms. The van der Waals surface area contributed by atoms with Crippen molar-refractivity contribution in [3.05, 3.63) is 29.3 Å². The minimum absolute atomic E-state index is 0. The first kappa shape index (κ1) is 17.1. The van der Waals surface area contributed by atoms with Gasteiger partial charge in [0.2, 0.25) is 0 Å². The van der Waals surface area contributed by atoms with E-state index in [-0.39, 0.29) is 12.4 Å². The van der Waals surface area contributed by atoms with Crippen LogP contribution in [0.4, 0.5) is 0 Å². The van der Waals surface area contributed by atoms with Gasteiger partial charge in [0, 0.05) is 24.6 Å². The van der Waals surface area contributed by atoms with Gasteiger partial charge in [-0.05, 0) is 67.8 Å². The van der Waals surface area contributed by atoms with Gasteiger partial charge in [-0.1, -0.05) is 18.9 Å². The summed E-state index contributed by atoms with van der Waals surface area (Å²) in [6, 6.07) is 6.71. The molecule has 1 aromatic carbocycles. The molecule has 0 radical (unpaired) electrons. The van der Waals surface area contributed by atoms with Gasteiger partial charge in [0.1, 0.15) is 5.75 Å². The lowest BCUT2D eigenvalue weighted by atomic mass is 9.52. The molecule has 1 heterocycles. The van der Waals surface area contributed by atoms with E-state index in [2.05, 4.69) is 17.0 Å². The third kappa shape index (κ3) is 2.67. The molecule has 0 unspecified atom stereocenters. The molecule has 2 N–H and O–H groups in total. The number of hydrogen-bond acceptors (Lipinski definition) is 3. The molecular formula is C19H28ClNO2. The normalized spacial score (nSPS) is 32.6. The van der Waals surface area contributed by atoms with Crippen molar-refractivity contribution in [2.24, 2.45) is 5.92 Å². The first-order chi connectivity index (χ1) is 10.7. The maximum atomic E-state index is 10.0. The van der Waals surface area contributed by atoms with E-state index < -0.39 is 0 Å². The molecule has 3 atom stereocenters. The number of hydrogen-bond donors (Lipinski definition) is 2. The lowest BCUT2D eigenvalue weighted by Gasteiger charge is -2.59. The molecule has 2 fully saturated rings. The van der Waals surface area contributed by atoms with Crippen molar-refractivity contribution in [2.45, 2.75) is 56.4 Å². The van der Waals surface area contributed by atoms with Crippen molar-refractivity contribution in [2.75, 3.05) is 19.7 Å². The second kappa shape index (κ2) is 6.62. The fourth-order valence-electron chi connectivity index (χ4n) is 5.62. The van der Waals surface area contributed by atoms with Crippen LogP contribution in [0.5, 0.6) is 5.75 Å². The number of phenolic OH excluding ortho intramolecular Hbond substituents is 1. The summed E-state index contributed by atoms with van der Waals surface area (Å²) in [4.78, 5) is 2.64. The molecule has 3 nitrogen and oxygen atoms in total. The highest BCUT2D eigenvalue weighted by Gasteiger charge is 2.53. The van der Waals surface area contributed by atoms with Gasteiger partial charge in [-0.2, -0.15) is 0 Å². The van der Waals surface area contributed by atoms with E-state index in [4.69, 9.17) is 0 Å². The summed E-state index contributed by atoms with van der Waals surface area (Å²) in [5, 5.41) is 19.2. The molecule has 4 heteroatoms. The summed E-state index contributed by atoms with van der Waals surface area (Å²) in [7, 11) is 0. The third-order valence-corrected chi connectivity index (χ3v) is 6.54. The Morgan fingerprint density at radius 2 is 2.09 bits per heavy atom. The van der Waals surface area contributed by atoms with E-state index in [1.54, 1.807) is 0 Å². The Balaban J connectivity index is 0.00000156. The number of benzene rings is 1. The van der Waals surface area contributed by atoms with E-state index >= 15 is 0 Å². The van der Waals surface area contributed by atoms with Crippen molar-refractivity contribution >= 4 is 12.4 Å². The van der Waals surface area contributed by atoms with E-state index in [9.17, 15) is 10.2 Å². The third-order valence-electron chi connectivity index (χ3n) is 6.54. The van der Waals surface area contributed by atoms with Crippen LogP contribution in [0.25, 0.3) is 0 Å². The maximum absolute atomic E-state index is 10.0. The zero-order valence-corrected chi connectivity index (χ0v) is 14.5. The summed E-state index contributed by atoms with van der Waals surface area (Å²) in [6.07, 6.45) is 8.52. The van der Waals surface area contributed by atoms with Crippen LogP contribution in [0.1, 0.15) is 49.7 Å². The van der Waals surface area contributed by atoms with Crippen LogP contribution < -0.4 is 0 Å². The topological polar surface area (TPSA) is 43.7 Å². The Morgan fingerprint density at radius 3 is 2.91 bits per heavy atom. The summed E-state index contributed by atoms with van der Waals surface area (Å²) < 4.78 is 0. The molecule has 0 aromatic heterocycles. The van der Waals surface area contributed by atoms with E-state index in [0.717, 1.165) is 31.8 Å². The molecule has 23 heavy (non-hydrogen) atoms. The number of aliphatic hydroxyl groups excluding tert-OH is 1. The summed E-state index contributed by atoms with van der Waals surface area (Å²) >= 11 is 0. The van der Waals surface area contributed by atoms with E-state index in [0.29, 0.717) is 23.8 Å². The quantitative estimate of drug-likeness (QED) is 0.889. The number of likely N-dealkylation sites (tertiary alicyclic amines) is 1. The van der Waals surface area contributed by atoms with Crippen molar-refractivity contribution in [3.8, 4) is 5.75 Å². The van der Waals surface area contributed by atoms with Crippen LogP contribution in [0.3, 0.4) is 0 Å². The second-order valence-corrected chi connectivity index (χ2v) is 7.48. The van der Waals surface area contributed by atoms with Crippen molar-refractivity contribution in [1.82, 2.24) is 4.90 Å². The Hall–Kier alpha value is -0.770. The first-order valence-corrected chi connectivity index (χ1v) is 8.92. The number of phenols is 1. The molecular weight excluding hydrogens is 310 g/mol. The largest absolute Gasteiger partial charge is 0.508 e. The second-order valence-electron chi connectivity index (χ2n) is 7.48. The molecule has 0 amide bonds. The summed E-state index contributed by atoms with van der Waals surface area (Å²) in [5.74, 6) is 1.17. The average Bonchev–Trinajstić information content (AvgIpc) is 2.55.